The summed E-state index contributed by atoms with van der Waals surface area (Å²) in [5.74, 6) is 2.36. The maximum Gasteiger partial charge on any atom is 0.226 e. The Balaban J connectivity index is 1.43. The Bertz CT molecular complexity index is 739. The number of piperidine rings is 1. The topological polar surface area (TPSA) is 51.0 Å². The number of amides is 1. The van der Waals surface area contributed by atoms with Crippen LogP contribution in [0.4, 0.5) is 0 Å². The number of carbonyl (C=O) groups excluding carboxylic acids is 1. The first kappa shape index (κ1) is 16.3. The lowest BCUT2D eigenvalue weighted by Gasteiger charge is -2.34. The highest BCUT2D eigenvalue weighted by Gasteiger charge is 2.46. The van der Waals surface area contributed by atoms with Crippen molar-refractivity contribution in [1.29, 1.82) is 0 Å². The molecule has 0 N–H and O–H groups in total. The third-order valence-electron chi connectivity index (χ3n) is 5.54. The van der Waals surface area contributed by atoms with E-state index in [-0.39, 0.29) is 5.92 Å². The van der Waals surface area contributed by atoms with Crippen molar-refractivity contribution < 1.29 is 4.79 Å². The van der Waals surface area contributed by atoms with Crippen molar-refractivity contribution >= 4 is 5.91 Å². The van der Waals surface area contributed by atoms with Crippen LogP contribution in [0.3, 0.4) is 0 Å². The average molecular weight is 338 g/mol. The van der Waals surface area contributed by atoms with Crippen molar-refractivity contribution in [1.82, 2.24) is 19.4 Å². The third-order valence-corrected chi connectivity index (χ3v) is 5.54. The molecule has 4 rings (SSSR count). The normalized spacial score (nSPS) is 26.0. The summed E-state index contributed by atoms with van der Waals surface area (Å²) >= 11 is 0. The van der Waals surface area contributed by atoms with Gasteiger partial charge in [-0.3, -0.25) is 9.78 Å². The molecule has 0 bridgehead atoms. The molecule has 2 aliphatic rings. The molecule has 2 aromatic rings. The molecular weight excluding hydrogens is 312 g/mol. The molecule has 1 saturated heterocycles. The summed E-state index contributed by atoms with van der Waals surface area (Å²) in [4.78, 5) is 23.7. The van der Waals surface area contributed by atoms with Crippen LogP contribution in [0.15, 0.2) is 36.9 Å². The fourth-order valence-electron chi connectivity index (χ4n) is 4.13. The van der Waals surface area contributed by atoms with Crippen LogP contribution in [-0.2, 0) is 4.79 Å². The number of nitrogens with zero attached hydrogens (tertiary/aromatic N) is 4. The average Bonchev–Trinajstić information content (AvgIpc) is 3.29. The lowest BCUT2D eigenvalue weighted by Crippen LogP contribution is -2.42. The highest BCUT2D eigenvalue weighted by Crippen LogP contribution is 2.48. The predicted molar refractivity (Wildman–Crippen MR) is 96.3 cm³/mol. The van der Waals surface area contributed by atoms with Crippen molar-refractivity contribution in [2.75, 3.05) is 13.1 Å². The molecule has 132 valence electrons. The van der Waals surface area contributed by atoms with E-state index in [1.807, 2.05) is 18.5 Å². The van der Waals surface area contributed by atoms with Crippen LogP contribution in [0.25, 0.3) is 0 Å². The monoisotopic (exact) mass is 338 g/mol. The molecule has 1 aliphatic carbocycles. The minimum Gasteiger partial charge on any atom is -0.340 e. The molecule has 5 nitrogen and oxygen atoms in total. The van der Waals surface area contributed by atoms with E-state index in [0.29, 0.717) is 23.8 Å². The standard InChI is InChI=1S/C20H26N4O/c1-14(2)19-22-8-10-24(19)16-6-4-9-23(13-16)20(25)18-11-17(18)15-5-3-7-21-12-15/h3,5,7-8,10,12,14,16-18H,4,6,9,11,13H2,1-2H3. The van der Waals surface area contributed by atoms with E-state index in [2.05, 4.69) is 45.5 Å². The van der Waals surface area contributed by atoms with Gasteiger partial charge in [0.1, 0.15) is 5.82 Å². The van der Waals surface area contributed by atoms with Gasteiger partial charge in [-0.2, -0.15) is 0 Å². The lowest BCUT2D eigenvalue weighted by atomic mass is 10.0. The van der Waals surface area contributed by atoms with E-state index in [4.69, 9.17) is 0 Å². The van der Waals surface area contributed by atoms with Crippen LogP contribution in [0.2, 0.25) is 0 Å². The van der Waals surface area contributed by atoms with Gasteiger partial charge in [0.05, 0.1) is 6.04 Å². The lowest BCUT2D eigenvalue weighted by molar-refractivity contribution is -0.134. The van der Waals surface area contributed by atoms with Crippen molar-refractivity contribution in [3.63, 3.8) is 0 Å². The highest BCUT2D eigenvalue weighted by atomic mass is 16.2. The highest BCUT2D eigenvalue weighted by molar-refractivity contribution is 5.83. The quantitative estimate of drug-likeness (QED) is 0.859. The summed E-state index contributed by atoms with van der Waals surface area (Å²) in [6, 6.07) is 4.40. The maximum absolute atomic E-state index is 13.0. The number of hydrogen-bond donors (Lipinski definition) is 0. The Morgan fingerprint density at radius 2 is 2.20 bits per heavy atom. The summed E-state index contributed by atoms with van der Waals surface area (Å²) in [5.41, 5.74) is 1.20. The Kier molecular flexibility index (Phi) is 4.32. The van der Waals surface area contributed by atoms with Gasteiger partial charge < -0.3 is 9.47 Å². The summed E-state index contributed by atoms with van der Waals surface area (Å²) in [5, 5.41) is 0. The van der Waals surface area contributed by atoms with E-state index in [1.165, 1.54) is 5.56 Å². The van der Waals surface area contributed by atoms with E-state index in [0.717, 1.165) is 38.2 Å². The van der Waals surface area contributed by atoms with Crippen molar-refractivity contribution in [2.24, 2.45) is 5.92 Å². The minimum absolute atomic E-state index is 0.148. The van der Waals surface area contributed by atoms with E-state index in [9.17, 15) is 4.79 Å². The van der Waals surface area contributed by atoms with Crippen molar-refractivity contribution in [3.05, 3.63) is 48.3 Å². The van der Waals surface area contributed by atoms with Crippen LogP contribution in [0.5, 0.6) is 0 Å². The second-order valence-corrected chi connectivity index (χ2v) is 7.66. The minimum atomic E-state index is 0.148. The third kappa shape index (κ3) is 3.20. The van der Waals surface area contributed by atoms with E-state index < -0.39 is 0 Å². The number of carbonyl (C=O) groups is 1. The molecule has 1 aliphatic heterocycles. The molecule has 0 aromatic carbocycles. The summed E-state index contributed by atoms with van der Waals surface area (Å²) in [6.45, 7) is 6.04. The molecular formula is C20H26N4O. The molecule has 3 heterocycles. The van der Waals surface area contributed by atoms with Crippen LogP contribution in [0.1, 0.15) is 62.4 Å². The van der Waals surface area contributed by atoms with Gasteiger partial charge in [-0.1, -0.05) is 19.9 Å². The van der Waals surface area contributed by atoms with E-state index >= 15 is 0 Å². The first-order valence-corrected chi connectivity index (χ1v) is 9.36. The van der Waals surface area contributed by atoms with Gasteiger partial charge in [0, 0.05) is 49.7 Å². The van der Waals surface area contributed by atoms with Crippen LogP contribution in [0, 0.1) is 5.92 Å². The SMILES string of the molecule is CC(C)c1nccn1C1CCCN(C(=O)C2CC2c2cccnc2)C1. The first-order chi connectivity index (χ1) is 12.1. The van der Waals surface area contributed by atoms with Crippen LogP contribution < -0.4 is 0 Å². The molecule has 1 amide bonds. The molecule has 1 saturated carbocycles. The summed E-state index contributed by atoms with van der Waals surface area (Å²) < 4.78 is 2.29. The Hall–Kier alpha value is -2.17. The maximum atomic E-state index is 13.0. The van der Waals surface area contributed by atoms with Crippen LogP contribution in [-0.4, -0.2) is 38.4 Å². The zero-order valence-electron chi connectivity index (χ0n) is 15.0. The van der Waals surface area contributed by atoms with Gasteiger partial charge in [-0.25, -0.2) is 4.98 Å². The van der Waals surface area contributed by atoms with Gasteiger partial charge in [-0.05, 0) is 36.8 Å². The Labute approximate surface area is 149 Å². The van der Waals surface area contributed by atoms with Gasteiger partial charge >= 0.3 is 0 Å². The zero-order valence-corrected chi connectivity index (χ0v) is 15.0. The van der Waals surface area contributed by atoms with E-state index in [1.54, 1.807) is 6.20 Å². The Morgan fingerprint density at radius 3 is 2.96 bits per heavy atom. The number of rotatable bonds is 4. The molecule has 0 radical (unpaired) electrons. The summed E-state index contributed by atoms with van der Waals surface area (Å²) in [6.07, 6.45) is 10.8. The summed E-state index contributed by atoms with van der Waals surface area (Å²) in [7, 11) is 0. The first-order valence-electron chi connectivity index (χ1n) is 9.36. The molecule has 3 atom stereocenters. The number of pyridine rings is 1. The van der Waals surface area contributed by atoms with Gasteiger partial charge in [0.25, 0.3) is 0 Å². The molecule has 2 aromatic heterocycles. The largest absolute Gasteiger partial charge is 0.340 e. The van der Waals surface area contributed by atoms with Crippen molar-refractivity contribution in [2.45, 2.75) is 51.0 Å². The van der Waals surface area contributed by atoms with Crippen molar-refractivity contribution in [3.8, 4) is 0 Å². The molecule has 25 heavy (non-hydrogen) atoms. The number of aromatic nitrogens is 3. The smallest absolute Gasteiger partial charge is 0.226 e. The van der Waals surface area contributed by atoms with Gasteiger partial charge in [0.2, 0.25) is 5.91 Å². The number of likely N-dealkylation sites (tertiary alicyclic amines) is 1. The fourth-order valence-corrected chi connectivity index (χ4v) is 4.13. The number of hydrogen-bond acceptors (Lipinski definition) is 3. The zero-order chi connectivity index (χ0) is 17.4. The Morgan fingerprint density at radius 1 is 1.32 bits per heavy atom. The second-order valence-electron chi connectivity index (χ2n) is 7.66. The molecule has 2 fully saturated rings. The fraction of sp³-hybridized carbons (Fsp3) is 0.550. The number of imidazole rings is 1. The molecule has 0 spiro atoms. The molecule has 5 heteroatoms. The predicted octanol–water partition coefficient (Wildman–Crippen LogP) is 3.37. The van der Waals surface area contributed by atoms with Crippen LogP contribution >= 0.6 is 0 Å². The van der Waals surface area contributed by atoms with Gasteiger partial charge in [0.15, 0.2) is 0 Å². The second kappa shape index (κ2) is 6.62. The molecule has 3 unspecified atom stereocenters. The van der Waals surface area contributed by atoms with Gasteiger partial charge in [-0.15, -0.1) is 0 Å².